The first-order valence-electron chi connectivity index (χ1n) is 13.2. The van der Waals surface area contributed by atoms with E-state index in [1.54, 1.807) is 31.2 Å². The standard InChI is InChI=1S/C32H30FNO6/c1-3-39-31(36)21-11-9-20(10-12-21)24-16-25(27(38-2)17-26(24)33)30(35)34-29-23-14-13-22(15-23)28(29)32(37)40-18-19-7-5-4-6-8-19/h4-14,16-17,22-23,28-29H,3,15,18H2,1-2H3,(H,34,35). The number of amides is 1. The fourth-order valence-electron chi connectivity index (χ4n) is 5.52. The molecule has 0 aliphatic heterocycles. The molecule has 1 N–H and O–H groups in total. The minimum absolute atomic E-state index is 0.00967. The van der Waals surface area contributed by atoms with E-state index < -0.39 is 29.7 Å². The van der Waals surface area contributed by atoms with E-state index in [0.29, 0.717) is 11.1 Å². The number of ether oxygens (including phenoxy) is 3. The van der Waals surface area contributed by atoms with E-state index in [1.165, 1.54) is 13.2 Å². The Morgan fingerprint density at radius 2 is 1.68 bits per heavy atom. The van der Waals surface area contributed by atoms with E-state index in [4.69, 9.17) is 14.2 Å². The van der Waals surface area contributed by atoms with Gasteiger partial charge in [0.15, 0.2) is 0 Å². The Balaban J connectivity index is 1.36. The smallest absolute Gasteiger partial charge is 0.338 e. The lowest BCUT2D eigenvalue weighted by Gasteiger charge is -2.27. The van der Waals surface area contributed by atoms with Crippen LogP contribution in [-0.4, -0.2) is 37.6 Å². The fraction of sp³-hybridized carbons (Fsp3) is 0.281. The molecule has 0 saturated heterocycles. The van der Waals surface area contributed by atoms with Gasteiger partial charge in [0.2, 0.25) is 0 Å². The predicted octanol–water partition coefficient (Wildman–Crippen LogP) is 5.34. The van der Waals surface area contributed by atoms with Crippen molar-refractivity contribution in [1.29, 1.82) is 0 Å². The molecule has 8 heteroatoms. The molecule has 5 rings (SSSR count). The van der Waals surface area contributed by atoms with Crippen LogP contribution in [0.3, 0.4) is 0 Å². The van der Waals surface area contributed by atoms with Crippen LogP contribution in [0.2, 0.25) is 0 Å². The first-order chi connectivity index (χ1) is 19.4. The van der Waals surface area contributed by atoms with Crippen LogP contribution in [0.1, 0.15) is 39.6 Å². The number of hydrogen-bond donors (Lipinski definition) is 1. The van der Waals surface area contributed by atoms with Gasteiger partial charge in [-0.05, 0) is 54.5 Å². The highest BCUT2D eigenvalue weighted by Crippen LogP contribution is 2.44. The molecule has 2 bridgehead atoms. The number of benzene rings is 3. The van der Waals surface area contributed by atoms with E-state index in [1.807, 2.05) is 42.5 Å². The number of methoxy groups -OCH3 is 1. The molecule has 1 fully saturated rings. The van der Waals surface area contributed by atoms with Crippen molar-refractivity contribution in [3.05, 3.63) is 101 Å². The number of halogens is 1. The summed E-state index contributed by atoms with van der Waals surface area (Å²) in [5.41, 5.74) is 2.01. The van der Waals surface area contributed by atoms with Crippen LogP contribution in [0, 0.1) is 23.6 Å². The van der Waals surface area contributed by atoms with Crippen LogP contribution in [0.4, 0.5) is 4.39 Å². The van der Waals surface area contributed by atoms with Crippen molar-refractivity contribution in [3.8, 4) is 16.9 Å². The zero-order valence-corrected chi connectivity index (χ0v) is 22.3. The number of nitrogens with one attached hydrogen (secondary N) is 1. The van der Waals surface area contributed by atoms with Gasteiger partial charge in [0.1, 0.15) is 18.2 Å². The van der Waals surface area contributed by atoms with Crippen molar-refractivity contribution in [3.63, 3.8) is 0 Å². The van der Waals surface area contributed by atoms with Crippen LogP contribution in [0.25, 0.3) is 11.1 Å². The summed E-state index contributed by atoms with van der Waals surface area (Å²) in [4.78, 5) is 38.7. The van der Waals surface area contributed by atoms with Gasteiger partial charge in [-0.15, -0.1) is 0 Å². The SMILES string of the molecule is CCOC(=O)c1ccc(-c2cc(C(=O)NC3C4C=CC(C4)C3C(=O)OCc3ccccc3)c(OC)cc2F)cc1. The van der Waals surface area contributed by atoms with Crippen molar-refractivity contribution in [2.75, 3.05) is 13.7 Å². The third-order valence-electron chi connectivity index (χ3n) is 7.49. The molecule has 4 unspecified atom stereocenters. The number of carbonyl (C=O) groups excluding carboxylic acids is 3. The zero-order chi connectivity index (χ0) is 28.2. The number of allylic oxidation sites excluding steroid dienone is 1. The Kier molecular flexibility index (Phi) is 7.96. The van der Waals surface area contributed by atoms with Crippen LogP contribution in [0.15, 0.2) is 78.9 Å². The summed E-state index contributed by atoms with van der Waals surface area (Å²) in [6.07, 6.45) is 4.78. The zero-order valence-electron chi connectivity index (χ0n) is 22.3. The molecule has 0 spiro atoms. The molecule has 0 heterocycles. The Bertz CT molecular complexity index is 1440. The highest BCUT2D eigenvalue weighted by molar-refractivity contribution is 5.99. The van der Waals surface area contributed by atoms with Crippen LogP contribution in [-0.2, 0) is 20.9 Å². The third-order valence-corrected chi connectivity index (χ3v) is 7.49. The molecule has 3 aromatic rings. The number of esters is 2. The van der Waals surface area contributed by atoms with Crippen molar-refractivity contribution in [1.82, 2.24) is 5.32 Å². The highest BCUT2D eigenvalue weighted by atomic mass is 19.1. The van der Waals surface area contributed by atoms with E-state index in [2.05, 4.69) is 5.32 Å². The van der Waals surface area contributed by atoms with Crippen molar-refractivity contribution < 1.29 is 33.0 Å². The molecule has 1 amide bonds. The minimum atomic E-state index is -0.581. The summed E-state index contributed by atoms with van der Waals surface area (Å²) < 4.78 is 31.1. The molecule has 2 aliphatic carbocycles. The summed E-state index contributed by atoms with van der Waals surface area (Å²) in [6.45, 7) is 2.12. The third kappa shape index (κ3) is 5.47. The quantitative estimate of drug-likeness (QED) is 0.289. The van der Waals surface area contributed by atoms with E-state index in [9.17, 15) is 14.4 Å². The van der Waals surface area contributed by atoms with Gasteiger partial charge in [0, 0.05) is 17.7 Å². The molecule has 1 saturated carbocycles. The average Bonchev–Trinajstić information content (AvgIpc) is 3.58. The molecule has 40 heavy (non-hydrogen) atoms. The lowest BCUT2D eigenvalue weighted by atomic mass is 9.88. The minimum Gasteiger partial charge on any atom is -0.496 e. The Morgan fingerprint density at radius 1 is 0.950 bits per heavy atom. The first kappa shape index (κ1) is 27.1. The van der Waals surface area contributed by atoms with E-state index >= 15 is 4.39 Å². The largest absolute Gasteiger partial charge is 0.496 e. The van der Waals surface area contributed by atoms with Crippen LogP contribution >= 0.6 is 0 Å². The maximum absolute atomic E-state index is 15.1. The van der Waals surface area contributed by atoms with Gasteiger partial charge in [-0.25, -0.2) is 9.18 Å². The van der Waals surface area contributed by atoms with Gasteiger partial charge in [0.25, 0.3) is 5.91 Å². The summed E-state index contributed by atoms with van der Waals surface area (Å²) in [5.74, 6) is -2.38. The molecule has 0 aromatic heterocycles. The van der Waals surface area contributed by atoms with Gasteiger partial charge in [0.05, 0.1) is 30.8 Å². The Labute approximate surface area is 231 Å². The molecule has 2 aliphatic rings. The van der Waals surface area contributed by atoms with Gasteiger partial charge in [-0.1, -0.05) is 54.6 Å². The molecular weight excluding hydrogens is 513 g/mol. The van der Waals surface area contributed by atoms with Crippen LogP contribution in [0.5, 0.6) is 5.75 Å². The first-order valence-corrected chi connectivity index (χ1v) is 13.2. The average molecular weight is 544 g/mol. The number of rotatable bonds is 9. The summed E-state index contributed by atoms with van der Waals surface area (Å²) >= 11 is 0. The maximum atomic E-state index is 15.1. The maximum Gasteiger partial charge on any atom is 0.338 e. The molecule has 206 valence electrons. The molecular formula is C32H30FNO6. The molecule has 7 nitrogen and oxygen atoms in total. The van der Waals surface area contributed by atoms with E-state index in [0.717, 1.165) is 18.1 Å². The number of fused-ring (bicyclic) bond motifs is 2. The lowest BCUT2D eigenvalue weighted by Crippen LogP contribution is -2.46. The summed E-state index contributed by atoms with van der Waals surface area (Å²) in [5, 5.41) is 3.01. The van der Waals surface area contributed by atoms with Crippen molar-refractivity contribution >= 4 is 17.8 Å². The second-order valence-corrected chi connectivity index (χ2v) is 9.90. The predicted molar refractivity (Wildman–Crippen MR) is 146 cm³/mol. The van der Waals surface area contributed by atoms with Gasteiger partial charge < -0.3 is 19.5 Å². The normalized spacial score (nSPS) is 20.7. The summed E-state index contributed by atoms with van der Waals surface area (Å²) in [6, 6.07) is 17.8. The van der Waals surface area contributed by atoms with Gasteiger partial charge in [-0.2, -0.15) is 0 Å². The van der Waals surface area contributed by atoms with Crippen LogP contribution < -0.4 is 10.1 Å². The Morgan fingerprint density at radius 3 is 2.38 bits per heavy atom. The summed E-state index contributed by atoms with van der Waals surface area (Å²) in [7, 11) is 1.36. The van der Waals surface area contributed by atoms with E-state index in [-0.39, 0.29) is 47.9 Å². The second kappa shape index (κ2) is 11.7. The van der Waals surface area contributed by atoms with Gasteiger partial charge >= 0.3 is 11.9 Å². The van der Waals surface area contributed by atoms with Crippen molar-refractivity contribution in [2.45, 2.75) is 26.0 Å². The van der Waals surface area contributed by atoms with Crippen molar-refractivity contribution in [2.24, 2.45) is 17.8 Å². The number of carbonyl (C=O) groups is 3. The molecule has 0 radical (unpaired) electrons. The second-order valence-electron chi connectivity index (χ2n) is 9.90. The Hall–Kier alpha value is -4.46. The fourth-order valence-corrected chi connectivity index (χ4v) is 5.52. The molecule has 3 aromatic carbocycles. The topological polar surface area (TPSA) is 90.9 Å². The monoisotopic (exact) mass is 543 g/mol. The molecule has 4 atom stereocenters. The lowest BCUT2D eigenvalue weighted by molar-refractivity contribution is -0.151. The van der Waals surface area contributed by atoms with Gasteiger partial charge in [-0.3, -0.25) is 9.59 Å². The number of hydrogen-bond acceptors (Lipinski definition) is 6. The highest BCUT2D eigenvalue weighted by Gasteiger charge is 2.49.